The third-order valence-corrected chi connectivity index (χ3v) is 5.20. The summed E-state index contributed by atoms with van der Waals surface area (Å²) in [5.41, 5.74) is 6.43. The minimum absolute atomic E-state index is 0.0000513. The Balaban J connectivity index is 1.56. The van der Waals surface area contributed by atoms with Crippen molar-refractivity contribution in [1.82, 2.24) is 19.9 Å². The summed E-state index contributed by atoms with van der Waals surface area (Å²) in [6, 6.07) is 2.19. The van der Waals surface area contributed by atoms with Crippen LogP contribution < -0.4 is 5.56 Å². The number of hydrogen-bond acceptors (Lipinski definition) is 4. The van der Waals surface area contributed by atoms with Crippen LogP contribution in [-0.4, -0.2) is 38.7 Å². The van der Waals surface area contributed by atoms with Gasteiger partial charge in [-0.15, -0.1) is 0 Å². The minimum Gasteiger partial charge on any atom is -0.362 e. The molecule has 0 spiro atoms. The Labute approximate surface area is 147 Å². The summed E-state index contributed by atoms with van der Waals surface area (Å²) in [7, 11) is 0. The van der Waals surface area contributed by atoms with Gasteiger partial charge in [-0.25, -0.2) is 4.98 Å². The van der Waals surface area contributed by atoms with Crippen molar-refractivity contribution in [1.29, 1.82) is 0 Å². The van der Waals surface area contributed by atoms with Gasteiger partial charge >= 0.3 is 0 Å². The molecule has 0 saturated carbocycles. The number of rotatable bonds is 3. The van der Waals surface area contributed by atoms with Crippen LogP contribution in [0.25, 0.3) is 0 Å². The summed E-state index contributed by atoms with van der Waals surface area (Å²) < 4.78 is 0. The minimum atomic E-state index is -0.0000513. The average molecular weight is 339 g/mol. The Bertz CT molecular complexity index is 876. The topological polar surface area (TPSA) is 77.1 Å². The van der Waals surface area contributed by atoms with Gasteiger partial charge in [0.15, 0.2) is 5.82 Å². The van der Waals surface area contributed by atoms with Crippen LogP contribution in [0.15, 0.2) is 15.9 Å². The van der Waals surface area contributed by atoms with Gasteiger partial charge in [0.25, 0.3) is 5.56 Å². The Hall–Kier alpha value is -2.21. The lowest BCUT2D eigenvalue weighted by Crippen LogP contribution is -2.36. The van der Waals surface area contributed by atoms with Crippen LogP contribution in [0, 0.1) is 13.8 Å². The summed E-state index contributed by atoms with van der Waals surface area (Å²) in [4.78, 5) is 30.5. The zero-order chi connectivity index (χ0) is 17.4. The van der Waals surface area contributed by atoms with Crippen molar-refractivity contribution in [3.8, 4) is 0 Å². The van der Waals surface area contributed by atoms with Gasteiger partial charge in [-0.2, -0.15) is 0 Å². The van der Waals surface area contributed by atoms with E-state index in [9.17, 15) is 4.79 Å². The molecule has 2 aromatic heterocycles. The fourth-order valence-corrected chi connectivity index (χ4v) is 3.83. The van der Waals surface area contributed by atoms with E-state index in [0.29, 0.717) is 12.4 Å². The standard InChI is InChI=1S/C19H25N5O/c1-12-9-14(13(2)21-12)10-24-8-6-16-15(11-24)19(25)23-18(22-16)17-5-3-4-7-20-17/h9,21H,3-8,10-11H2,1-2H3,(H,22,23,25). The van der Waals surface area contributed by atoms with Crippen molar-refractivity contribution in [3.63, 3.8) is 0 Å². The van der Waals surface area contributed by atoms with E-state index >= 15 is 0 Å². The highest BCUT2D eigenvalue weighted by Crippen LogP contribution is 2.19. The zero-order valence-electron chi connectivity index (χ0n) is 15.0. The zero-order valence-corrected chi connectivity index (χ0v) is 15.0. The van der Waals surface area contributed by atoms with Crippen molar-refractivity contribution in [2.75, 3.05) is 13.1 Å². The first-order chi connectivity index (χ1) is 12.1. The van der Waals surface area contributed by atoms with Crippen LogP contribution in [-0.2, 0) is 19.5 Å². The van der Waals surface area contributed by atoms with Crippen molar-refractivity contribution < 1.29 is 0 Å². The third kappa shape index (κ3) is 3.31. The molecule has 4 rings (SSSR count). The molecule has 0 unspecified atom stereocenters. The molecule has 0 radical (unpaired) electrons. The van der Waals surface area contributed by atoms with E-state index in [1.807, 2.05) is 0 Å². The van der Waals surface area contributed by atoms with Gasteiger partial charge in [-0.1, -0.05) is 0 Å². The molecule has 0 amide bonds. The first kappa shape index (κ1) is 16.3. The van der Waals surface area contributed by atoms with E-state index in [4.69, 9.17) is 4.98 Å². The highest BCUT2D eigenvalue weighted by atomic mass is 16.1. The molecule has 6 nitrogen and oxygen atoms in total. The van der Waals surface area contributed by atoms with Crippen LogP contribution in [0.2, 0.25) is 0 Å². The first-order valence-corrected chi connectivity index (χ1v) is 9.13. The van der Waals surface area contributed by atoms with Gasteiger partial charge in [0.2, 0.25) is 0 Å². The first-order valence-electron chi connectivity index (χ1n) is 9.13. The highest BCUT2D eigenvalue weighted by Gasteiger charge is 2.23. The largest absolute Gasteiger partial charge is 0.362 e. The summed E-state index contributed by atoms with van der Waals surface area (Å²) in [5, 5.41) is 0. The van der Waals surface area contributed by atoms with Gasteiger partial charge < -0.3 is 9.97 Å². The van der Waals surface area contributed by atoms with Crippen LogP contribution in [0.1, 0.15) is 53.3 Å². The van der Waals surface area contributed by atoms with Crippen LogP contribution in [0.3, 0.4) is 0 Å². The van der Waals surface area contributed by atoms with E-state index in [0.717, 1.165) is 62.3 Å². The molecule has 6 heteroatoms. The number of aromatic nitrogens is 3. The molecule has 0 aromatic carbocycles. The molecule has 0 saturated heterocycles. The van der Waals surface area contributed by atoms with Crippen molar-refractivity contribution >= 4 is 5.71 Å². The maximum Gasteiger partial charge on any atom is 0.255 e. The van der Waals surface area contributed by atoms with E-state index in [2.05, 4.69) is 39.8 Å². The number of H-pyrrole nitrogens is 2. The lowest BCUT2D eigenvalue weighted by molar-refractivity contribution is 0.241. The molecule has 2 N–H and O–H groups in total. The molecule has 2 aliphatic rings. The smallest absolute Gasteiger partial charge is 0.255 e. The average Bonchev–Trinajstić information content (AvgIpc) is 2.93. The number of aliphatic imine (C=N–C) groups is 1. The Kier molecular flexibility index (Phi) is 4.29. The third-order valence-electron chi connectivity index (χ3n) is 5.20. The summed E-state index contributed by atoms with van der Waals surface area (Å²) in [6.07, 6.45) is 4.00. The monoisotopic (exact) mass is 339 g/mol. The fourth-order valence-electron chi connectivity index (χ4n) is 3.83. The predicted octanol–water partition coefficient (Wildman–Crippen LogP) is 2.25. The molecular weight excluding hydrogens is 314 g/mol. The molecular formula is C19H25N5O. The van der Waals surface area contributed by atoms with Crippen molar-refractivity contribution in [3.05, 3.63) is 50.5 Å². The summed E-state index contributed by atoms with van der Waals surface area (Å²) >= 11 is 0. The molecule has 0 fully saturated rings. The normalized spacial score (nSPS) is 18.1. The predicted molar refractivity (Wildman–Crippen MR) is 98.2 cm³/mol. The van der Waals surface area contributed by atoms with Crippen LogP contribution in [0.4, 0.5) is 0 Å². The molecule has 4 heterocycles. The van der Waals surface area contributed by atoms with E-state index in [-0.39, 0.29) is 5.56 Å². The van der Waals surface area contributed by atoms with Crippen LogP contribution in [0.5, 0.6) is 0 Å². The number of nitrogens with zero attached hydrogens (tertiary/aromatic N) is 3. The summed E-state index contributed by atoms with van der Waals surface area (Å²) in [5.74, 6) is 0.689. The number of aryl methyl sites for hydroxylation is 2. The quantitative estimate of drug-likeness (QED) is 0.900. The Morgan fingerprint density at radius 1 is 1.20 bits per heavy atom. The fraction of sp³-hybridized carbons (Fsp3) is 0.526. The van der Waals surface area contributed by atoms with Gasteiger partial charge in [0, 0.05) is 44.0 Å². The van der Waals surface area contributed by atoms with Gasteiger partial charge in [-0.3, -0.25) is 14.7 Å². The maximum atomic E-state index is 12.6. The lowest BCUT2D eigenvalue weighted by Gasteiger charge is -2.27. The molecule has 0 aliphatic carbocycles. The Morgan fingerprint density at radius 3 is 2.80 bits per heavy atom. The van der Waals surface area contributed by atoms with Gasteiger partial charge in [0.1, 0.15) is 0 Å². The van der Waals surface area contributed by atoms with Crippen molar-refractivity contribution in [2.24, 2.45) is 4.99 Å². The van der Waals surface area contributed by atoms with Crippen molar-refractivity contribution in [2.45, 2.75) is 52.6 Å². The van der Waals surface area contributed by atoms with Gasteiger partial charge in [0.05, 0.1) is 17.0 Å². The number of aromatic amines is 2. The highest BCUT2D eigenvalue weighted by molar-refractivity contribution is 5.97. The lowest BCUT2D eigenvalue weighted by atomic mass is 10.0. The molecule has 2 aromatic rings. The Morgan fingerprint density at radius 2 is 2.08 bits per heavy atom. The number of nitrogens with one attached hydrogen (secondary N) is 2. The SMILES string of the molecule is Cc1cc(CN2CCc3nc(C4=NCCCC4)[nH]c(=O)c3C2)c(C)[nH]1. The second-order valence-corrected chi connectivity index (χ2v) is 7.19. The van der Waals surface area contributed by atoms with Crippen LogP contribution >= 0.6 is 0 Å². The molecule has 2 aliphatic heterocycles. The van der Waals surface area contributed by atoms with E-state index < -0.39 is 0 Å². The molecule has 132 valence electrons. The van der Waals surface area contributed by atoms with E-state index in [1.54, 1.807) is 0 Å². The maximum absolute atomic E-state index is 12.6. The van der Waals surface area contributed by atoms with Gasteiger partial charge in [-0.05, 0) is 44.7 Å². The number of hydrogen-bond donors (Lipinski definition) is 2. The van der Waals surface area contributed by atoms with E-state index in [1.165, 1.54) is 17.0 Å². The molecule has 25 heavy (non-hydrogen) atoms. The second-order valence-electron chi connectivity index (χ2n) is 7.19. The summed E-state index contributed by atoms with van der Waals surface area (Å²) in [6.45, 7) is 7.48. The second kappa shape index (κ2) is 6.59. The molecule has 0 atom stereocenters. The molecule has 0 bridgehead atoms. The number of fused-ring (bicyclic) bond motifs is 1.